The number of benzene rings is 1. The van der Waals surface area contributed by atoms with Crippen molar-refractivity contribution in [3.8, 4) is 0 Å². The van der Waals surface area contributed by atoms with E-state index in [2.05, 4.69) is 4.98 Å². The average Bonchev–Trinajstić information content (AvgIpc) is 2.57. The Bertz CT molecular complexity index is 593. The first-order valence-corrected chi connectivity index (χ1v) is 8.46. The molecule has 3 rings (SSSR count). The number of halogens is 1. The van der Waals surface area contributed by atoms with E-state index in [1.807, 2.05) is 42.5 Å². The summed E-state index contributed by atoms with van der Waals surface area (Å²) in [4.78, 5) is 4.43. The molecule has 1 fully saturated rings. The number of nitrogens with zero attached hydrogens (tertiary/aromatic N) is 1. The predicted octanol–water partition coefficient (Wildman–Crippen LogP) is 4.94. The van der Waals surface area contributed by atoms with Gasteiger partial charge in [0.05, 0.1) is 5.69 Å². The minimum absolute atomic E-state index is 0.552. The molecule has 1 unspecified atom stereocenters. The van der Waals surface area contributed by atoms with Gasteiger partial charge in [0, 0.05) is 11.2 Å². The number of aliphatic hydroxyl groups is 1. The molecule has 1 aromatic carbocycles. The van der Waals surface area contributed by atoms with Crippen molar-refractivity contribution in [2.75, 3.05) is 0 Å². The smallest absolute Gasteiger partial charge is 0.132 e. The van der Waals surface area contributed by atoms with Crippen molar-refractivity contribution >= 4 is 11.6 Å². The van der Waals surface area contributed by atoms with Crippen LogP contribution in [0.15, 0.2) is 48.7 Å². The van der Waals surface area contributed by atoms with Crippen LogP contribution in [0.5, 0.6) is 0 Å². The Kier molecular flexibility index (Phi) is 4.80. The molecule has 0 amide bonds. The lowest BCUT2D eigenvalue weighted by Gasteiger charge is -2.33. The number of aromatic nitrogens is 1. The first-order chi connectivity index (χ1) is 10.7. The van der Waals surface area contributed by atoms with Crippen molar-refractivity contribution in [2.24, 2.45) is 5.92 Å². The van der Waals surface area contributed by atoms with Gasteiger partial charge in [0.15, 0.2) is 0 Å². The van der Waals surface area contributed by atoms with Crippen LogP contribution in [0.2, 0.25) is 5.02 Å². The van der Waals surface area contributed by atoms with Crippen LogP contribution in [0.3, 0.4) is 0 Å². The molecule has 2 aromatic rings. The van der Waals surface area contributed by atoms with E-state index in [-0.39, 0.29) is 0 Å². The summed E-state index contributed by atoms with van der Waals surface area (Å²) in [5, 5.41) is 12.2. The number of hydrogen-bond acceptors (Lipinski definition) is 2. The Morgan fingerprint density at radius 2 is 1.77 bits per heavy atom. The van der Waals surface area contributed by atoms with E-state index < -0.39 is 5.60 Å². The minimum atomic E-state index is -1.03. The van der Waals surface area contributed by atoms with Crippen molar-refractivity contribution in [2.45, 2.75) is 44.1 Å². The molecule has 0 saturated heterocycles. The summed E-state index contributed by atoms with van der Waals surface area (Å²) < 4.78 is 0. The molecule has 1 N–H and O–H groups in total. The molecular weight excluding hydrogens is 294 g/mol. The van der Waals surface area contributed by atoms with Crippen LogP contribution in [0.1, 0.15) is 49.8 Å². The van der Waals surface area contributed by atoms with E-state index in [0.717, 1.165) is 17.7 Å². The number of hydrogen-bond donors (Lipinski definition) is 1. The van der Waals surface area contributed by atoms with Gasteiger partial charge in [-0.3, -0.25) is 4.98 Å². The van der Waals surface area contributed by atoms with E-state index in [4.69, 9.17) is 11.6 Å². The maximum atomic E-state index is 11.5. The number of rotatable bonds is 4. The second-order valence-corrected chi connectivity index (χ2v) is 6.73. The standard InChI is InChI=1S/C19H22ClNO/c20-17-11-9-16(10-12-17)19(22,18-8-4-5-13-21-18)14-15-6-2-1-3-7-15/h4-5,8-13,15,22H,1-3,6-7,14H2. The van der Waals surface area contributed by atoms with E-state index >= 15 is 0 Å². The quantitative estimate of drug-likeness (QED) is 0.866. The number of pyridine rings is 1. The Hall–Kier alpha value is -1.38. The highest BCUT2D eigenvalue weighted by molar-refractivity contribution is 6.30. The largest absolute Gasteiger partial charge is 0.379 e. The summed E-state index contributed by atoms with van der Waals surface area (Å²) in [6.45, 7) is 0. The minimum Gasteiger partial charge on any atom is -0.379 e. The Balaban J connectivity index is 1.95. The molecule has 2 nitrogen and oxygen atoms in total. The summed E-state index contributed by atoms with van der Waals surface area (Å²) in [6.07, 6.45) is 8.72. The van der Waals surface area contributed by atoms with Gasteiger partial charge in [0.25, 0.3) is 0 Å². The van der Waals surface area contributed by atoms with E-state index in [1.165, 1.54) is 32.1 Å². The predicted molar refractivity (Wildman–Crippen MR) is 89.9 cm³/mol. The highest BCUT2D eigenvalue weighted by Gasteiger charge is 2.36. The summed E-state index contributed by atoms with van der Waals surface area (Å²) in [6, 6.07) is 13.2. The van der Waals surface area contributed by atoms with Crippen LogP contribution < -0.4 is 0 Å². The fourth-order valence-corrected chi connectivity index (χ4v) is 3.64. The van der Waals surface area contributed by atoms with Crippen molar-refractivity contribution in [1.29, 1.82) is 0 Å². The van der Waals surface area contributed by atoms with Gasteiger partial charge in [0.2, 0.25) is 0 Å². The SMILES string of the molecule is OC(CC1CCCCC1)(c1ccc(Cl)cc1)c1ccccn1. The third-order valence-electron chi connectivity index (χ3n) is 4.72. The van der Waals surface area contributed by atoms with Crippen LogP contribution in [-0.2, 0) is 5.60 Å². The van der Waals surface area contributed by atoms with Crippen LogP contribution in [0.25, 0.3) is 0 Å². The van der Waals surface area contributed by atoms with Crippen LogP contribution in [0.4, 0.5) is 0 Å². The zero-order chi connectivity index (χ0) is 15.4. The lowest BCUT2D eigenvalue weighted by Crippen LogP contribution is -2.32. The molecule has 1 saturated carbocycles. The van der Waals surface area contributed by atoms with Crippen molar-refractivity contribution in [3.05, 3.63) is 64.9 Å². The highest BCUT2D eigenvalue weighted by Crippen LogP contribution is 2.39. The highest BCUT2D eigenvalue weighted by atomic mass is 35.5. The van der Waals surface area contributed by atoms with E-state index in [0.29, 0.717) is 10.9 Å². The Labute approximate surface area is 137 Å². The summed E-state index contributed by atoms with van der Waals surface area (Å²) >= 11 is 6.00. The Morgan fingerprint density at radius 1 is 1.05 bits per heavy atom. The van der Waals surface area contributed by atoms with Gasteiger partial charge in [-0.05, 0) is 42.2 Å². The van der Waals surface area contributed by atoms with Gasteiger partial charge in [-0.15, -0.1) is 0 Å². The summed E-state index contributed by atoms with van der Waals surface area (Å²) in [7, 11) is 0. The zero-order valence-corrected chi connectivity index (χ0v) is 13.5. The van der Waals surface area contributed by atoms with Crippen LogP contribution >= 0.6 is 11.6 Å². The van der Waals surface area contributed by atoms with Gasteiger partial charge in [-0.2, -0.15) is 0 Å². The van der Waals surface area contributed by atoms with Crippen molar-refractivity contribution in [1.82, 2.24) is 4.98 Å². The van der Waals surface area contributed by atoms with E-state index in [9.17, 15) is 5.11 Å². The average molecular weight is 316 g/mol. The molecule has 1 aliphatic carbocycles. The molecule has 0 radical (unpaired) electrons. The molecule has 22 heavy (non-hydrogen) atoms. The lowest BCUT2D eigenvalue weighted by molar-refractivity contribution is 0.0411. The molecule has 1 aromatic heterocycles. The molecule has 3 heteroatoms. The molecule has 0 bridgehead atoms. The Morgan fingerprint density at radius 3 is 2.41 bits per heavy atom. The van der Waals surface area contributed by atoms with Gasteiger partial charge >= 0.3 is 0 Å². The lowest BCUT2D eigenvalue weighted by atomic mass is 9.76. The molecule has 0 aliphatic heterocycles. The molecule has 1 atom stereocenters. The maximum absolute atomic E-state index is 11.5. The zero-order valence-electron chi connectivity index (χ0n) is 12.7. The second kappa shape index (κ2) is 6.80. The van der Waals surface area contributed by atoms with Crippen LogP contribution in [0, 0.1) is 5.92 Å². The second-order valence-electron chi connectivity index (χ2n) is 6.29. The van der Waals surface area contributed by atoms with Crippen molar-refractivity contribution < 1.29 is 5.11 Å². The fourth-order valence-electron chi connectivity index (χ4n) is 3.51. The molecule has 1 aliphatic rings. The van der Waals surface area contributed by atoms with Gasteiger partial charge in [-0.1, -0.05) is 61.9 Å². The van der Waals surface area contributed by atoms with Gasteiger partial charge < -0.3 is 5.11 Å². The van der Waals surface area contributed by atoms with Gasteiger partial charge in [-0.25, -0.2) is 0 Å². The monoisotopic (exact) mass is 315 g/mol. The molecule has 116 valence electrons. The summed E-state index contributed by atoms with van der Waals surface area (Å²) in [5.74, 6) is 0.552. The molecule has 1 heterocycles. The van der Waals surface area contributed by atoms with Crippen molar-refractivity contribution in [3.63, 3.8) is 0 Å². The fraction of sp³-hybridized carbons (Fsp3) is 0.421. The maximum Gasteiger partial charge on any atom is 0.132 e. The third kappa shape index (κ3) is 3.34. The topological polar surface area (TPSA) is 33.1 Å². The van der Waals surface area contributed by atoms with Crippen LogP contribution in [-0.4, -0.2) is 10.1 Å². The van der Waals surface area contributed by atoms with Gasteiger partial charge in [0.1, 0.15) is 5.60 Å². The first-order valence-electron chi connectivity index (χ1n) is 8.08. The first kappa shape index (κ1) is 15.5. The third-order valence-corrected chi connectivity index (χ3v) is 4.97. The van der Waals surface area contributed by atoms with E-state index in [1.54, 1.807) is 6.20 Å². The normalized spacial score (nSPS) is 18.8. The summed E-state index contributed by atoms with van der Waals surface area (Å²) in [5.41, 5.74) is 0.567. The molecular formula is C19H22ClNO. The molecule has 0 spiro atoms.